The van der Waals surface area contributed by atoms with E-state index in [9.17, 15) is 33.6 Å². The first kappa shape index (κ1) is 55.1. The molecule has 0 spiro atoms. The fourth-order valence-corrected chi connectivity index (χ4v) is 7.26. The number of carboxylic acid groups (broad SMARTS) is 1. The van der Waals surface area contributed by atoms with Gasteiger partial charge in [0, 0.05) is 36.6 Å². The van der Waals surface area contributed by atoms with Crippen LogP contribution >= 0.6 is 0 Å². The number of hydrogen-bond acceptors (Lipinski definition) is 10. The number of carbonyl (C=O) groups is 7. The van der Waals surface area contributed by atoms with Crippen molar-refractivity contribution < 1.29 is 38.7 Å². The second-order valence-electron chi connectivity index (χ2n) is 17.1. The van der Waals surface area contributed by atoms with Crippen molar-refractivity contribution in [3.8, 4) is 0 Å². The van der Waals surface area contributed by atoms with Crippen LogP contribution in [-0.2, 0) is 46.4 Å². The first-order chi connectivity index (χ1) is 32.3. The fourth-order valence-electron chi connectivity index (χ4n) is 7.26. The number of amides is 6. The van der Waals surface area contributed by atoms with E-state index in [-0.39, 0.29) is 75.9 Å². The predicted octanol–water partition coefficient (Wildman–Crippen LogP) is -0.895. The molecule has 0 aliphatic carbocycles. The highest BCUT2D eigenvalue weighted by molar-refractivity contribution is 5.97. The summed E-state index contributed by atoms with van der Waals surface area (Å²) in [4.78, 5) is 106. The summed E-state index contributed by atoms with van der Waals surface area (Å²) in [5, 5.41) is 26.1. The van der Waals surface area contributed by atoms with Crippen LogP contribution in [0.3, 0.4) is 0 Å². The molecule has 3 rings (SSSR count). The number of carboxylic acids is 1. The number of aliphatic imine (C=N–C) groups is 2. The standard InChI is InChI=1S/C46H70N14O8/c1-5-27(4)38(44(68)55-25-37(61)62)60-41(65)34(18-12-20-53-46(50)51)56-40(64)33(17-11-19-52-45(48)49)57-43(67)36(22-28-13-7-6-8-14-28)59-42(66)35(21-26(2)3)58-39(63)31(47)23-29-24-54-32-16-10-9-15-30(29)32/h6-10,13-16,24,26-27,31,33-36,38,54H,5,11-12,17-23,25,47H2,1-4H3,(H,55,68)(H,56,64)(H,57,67)(H,58,63)(H,59,66)(H,60,65)(H,61,62)(H4,48,49,52)(H4,50,51,53)/t27-,31-,33-,34-,35-,36-,38-/m0/s1. The maximum absolute atomic E-state index is 14.4. The Kier molecular flexibility index (Phi) is 22.7. The number of aliphatic carboxylic acids is 1. The Balaban J connectivity index is 1.92. The average Bonchev–Trinajstić information content (AvgIpc) is 3.70. The van der Waals surface area contributed by atoms with E-state index in [0.717, 1.165) is 16.5 Å². The number of aromatic amines is 1. The molecule has 22 heteroatoms. The Bertz CT molecular complexity index is 2210. The topological polar surface area (TPSA) is 383 Å². The number of H-pyrrole nitrogens is 1. The van der Waals surface area contributed by atoms with Crippen LogP contribution in [0.4, 0.5) is 0 Å². The van der Waals surface area contributed by atoms with Crippen molar-refractivity contribution in [3.05, 3.63) is 71.9 Å². The number of fused-ring (bicyclic) bond motifs is 1. The number of nitrogens with two attached hydrogens (primary N) is 5. The average molecular weight is 947 g/mol. The van der Waals surface area contributed by atoms with Gasteiger partial charge in [-0.05, 0) is 67.6 Å². The minimum absolute atomic E-state index is 0.0139. The largest absolute Gasteiger partial charge is 0.480 e. The van der Waals surface area contributed by atoms with Gasteiger partial charge in [0.1, 0.15) is 36.8 Å². The van der Waals surface area contributed by atoms with E-state index in [1.165, 1.54) is 0 Å². The summed E-state index contributed by atoms with van der Waals surface area (Å²) < 4.78 is 0. The third-order valence-electron chi connectivity index (χ3n) is 11.1. The molecule has 0 aliphatic rings. The van der Waals surface area contributed by atoms with Gasteiger partial charge in [0.25, 0.3) is 0 Å². The van der Waals surface area contributed by atoms with E-state index < -0.39 is 90.1 Å². The monoisotopic (exact) mass is 947 g/mol. The van der Waals surface area contributed by atoms with E-state index in [2.05, 4.69) is 46.9 Å². The van der Waals surface area contributed by atoms with E-state index in [4.69, 9.17) is 33.8 Å². The van der Waals surface area contributed by atoms with Crippen molar-refractivity contribution >= 4 is 64.2 Å². The zero-order valence-corrected chi connectivity index (χ0v) is 39.3. The van der Waals surface area contributed by atoms with Crippen LogP contribution in [0.5, 0.6) is 0 Å². The lowest BCUT2D eigenvalue weighted by Crippen LogP contribution is -2.60. The number of rotatable bonds is 29. The van der Waals surface area contributed by atoms with Gasteiger partial charge in [0.05, 0.1) is 6.04 Å². The molecular weight excluding hydrogens is 877 g/mol. The fraction of sp³-hybridized carbons (Fsp3) is 0.500. The Labute approximate surface area is 396 Å². The molecular formula is C46H70N14O8. The summed E-state index contributed by atoms with van der Waals surface area (Å²) in [6, 6.07) is 9.30. The number of aromatic nitrogens is 1. The van der Waals surface area contributed by atoms with Gasteiger partial charge in [-0.1, -0.05) is 82.6 Å². The maximum Gasteiger partial charge on any atom is 0.322 e. The number of guanidine groups is 2. The van der Waals surface area contributed by atoms with E-state index in [1.54, 1.807) is 50.4 Å². The zero-order valence-electron chi connectivity index (χ0n) is 39.3. The number of nitrogens with one attached hydrogen (secondary N) is 7. The van der Waals surface area contributed by atoms with Crippen molar-refractivity contribution in [2.24, 2.45) is 50.5 Å². The van der Waals surface area contributed by atoms with Crippen molar-refractivity contribution in [3.63, 3.8) is 0 Å². The van der Waals surface area contributed by atoms with Gasteiger partial charge >= 0.3 is 5.97 Å². The van der Waals surface area contributed by atoms with E-state index >= 15 is 0 Å². The predicted molar refractivity (Wildman–Crippen MR) is 259 cm³/mol. The third kappa shape index (κ3) is 18.9. The maximum atomic E-state index is 14.4. The van der Waals surface area contributed by atoms with Crippen LogP contribution in [0.2, 0.25) is 0 Å². The Morgan fingerprint density at radius 3 is 1.72 bits per heavy atom. The van der Waals surface area contributed by atoms with E-state index in [0.29, 0.717) is 12.0 Å². The molecule has 0 aliphatic heterocycles. The number of para-hydroxylation sites is 1. The van der Waals surface area contributed by atoms with Gasteiger partial charge < -0.3 is 70.7 Å². The second kappa shape index (κ2) is 28.1. The summed E-state index contributed by atoms with van der Waals surface area (Å²) in [5.74, 6) is -6.44. The number of nitrogens with zero attached hydrogens (tertiary/aromatic N) is 2. The number of benzene rings is 2. The summed E-state index contributed by atoms with van der Waals surface area (Å²) >= 11 is 0. The number of carbonyl (C=O) groups excluding carboxylic acids is 6. The zero-order chi connectivity index (χ0) is 50.3. The number of hydrogen-bond donors (Lipinski definition) is 13. The van der Waals surface area contributed by atoms with Crippen molar-refractivity contribution in [1.29, 1.82) is 0 Å². The van der Waals surface area contributed by atoms with Crippen molar-refractivity contribution in [2.45, 2.75) is 115 Å². The highest BCUT2D eigenvalue weighted by Gasteiger charge is 2.34. The van der Waals surface area contributed by atoms with Crippen LogP contribution in [0.15, 0.2) is 70.8 Å². The molecule has 0 unspecified atom stereocenters. The molecule has 22 nitrogen and oxygen atoms in total. The summed E-state index contributed by atoms with van der Waals surface area (Å²) in [6.45, 7) is 6.73. The van der Waals surface area contributed by atoms with Crippen LogP contribution < -0.4 is 60.6 Å². The molecule has 0 saturated heterocycles. The van der Waals surface area contributed by atoms with E-state index in [1.807, 2.05) is 38.1 Å². The Morgan fingerprint density at radius 1 is 0.647 bits per heavy atom. The second-order valence-corrected chi connectivity index (χ2v) is 17.1. The van der Waals surface area contributed by atoms with Crippen LogP contribution in [0.25, 0.3) is 10.9 Å². The van der Waals surface area contributed by atoms with Gasteiger partial charge in [-0.3, -0.25) is 43.5 Å². The van der Waals surface area contributed by atoms with Crippen LogP contribution in [0.1, 0.15) is 77.3 Å². The molecule has 0 saturated carbocycles. The van der Waals surface area contributed by atoms with Gasteiger partial charge in [0.15, 0.2) is 11.9 Å². The molecule has 6 amide bonds. The van der Waals surface area contributed by atoms with Crippen molar-refractivity contribution in [2.75, 3.05) is 19.6 Å². The minimum Gasteiger partial charge on any atom is -0.480 e. The van der Waals surface area contributed by atoms with Gasteiger partial charge in [0.2, 0.25) is 35.4 Å². The summed E-state index contributed by atoms with van der Waals surface area (Å²) in [7, 11) is 0. The lowest BCUT2D eigenvalue weighted by Gasteiger charge is -2.28. The minimum atomic E-state index is -1.32. The smallest absolute Gasteiger partial charge is 0.322 e. The van der Waals surface area contributed by atoms with Crippen LogP contribution in [-0.4, -0.2) is 119 Å². The van der Waals surface area contributed by atoms with Gasteiger partial charge in [-0.15, -0.1) is 0 Å². The van der Waals surface area contributed by atoms with Gasteiger partial charge in [-0.2, -0.15) is 0 Å². The van der Waals surface area contributed by atoms with Gasteiger partial charge in [-0.25, -0.2) is 0 Å². The Morgan fingerprint density at radius 2 is 1.16 bits per heavy atom. The SMILES string of the molecule is CC[C@H](C)[C@H](NC(=O)[C@H](CCCN=C(N)N)NC(=O)[C@H](CCCN=C(N)N)NC(=O)[C@H](Cc1ccccc1)NC(=O)[C@H](CC(C)C)NC(=O)[C@@H](N)Cc1c[nH]c2ccccc12)C(=O)NCC(=O)O. The molecule has 0 bridgehead atoms. The molecule has 1 aromatic heterocycles. The lowest BCUT2D eigenvalue weighted by molar-refractivity contribution is -0.139. The normalized spacial score (nSPS) is 14.1. The molecule has 372 valence electrons. The lowest BCUT2D eigenvalue weighted by atomic mass is 9.97. The Hall–Kier alpha value is -7.23. The molecule has 68 heavy (non-hydrogen) atoms. The first-order valence-electron chi connectivity index (χ1n) is 22.8. The first-order valence-corrected chi connectivity index (χ1v) is 22.8. The highest BCUT2D eigenvalue weighted by atomic mass is 16.4. The third-order valence-corrected chi connectivity index (χ3v) is 11.1. The molecule has 7 atom stereocenters. The molecule has 2 aromatic carbocycles. The molecule has 0 radical (unpaired) electrons. The highest BCUT2D eigenvalue weighted by Crippen LogP contribution is 2.19. The van der Waals surface area contributed by atoms with Crippen molar-refractivity contribution in [1.82, 2.24) is 36.9 Å². The summed E-state index contributed by atoms with van der Waals surface area (Å²) in [6.07, 6.45) is 2.94. The molecule has 1 heterocycles. The quantitative estimate of drug-likeness (QED) is 0.0228. The summed E-state index contributed by atoms with van der Waals surface area (Å²) in [5.41, 5.74) is 30.9. The molecule has 18 N–H and O–H groups in total. The van der Waals surface area contributed by atoms with Crippen LogP contribution in [0, 0.1) is 11.8 Å². The molecule has 3 aromatic rings. The molecule has 0 fully saturated rings.